The zero-order chi connectivity index (χ0) is 13.3. The lowest BCUT2D eigenvalue weighted by atomic mass is 10.1. The molecule has 0 spiro atoms. The largest absolute Gasteiger partial charge is 0.497 e. The monoisotopic (exact) mass is 248 g/mol. The number of nitrogens with one attached hydrogen (secondary N) is 1. The number of methoxy groups -OCH3 is 2. The molecule has 0 fully saturated rings. The van der Waals surface area contributed by atoms with E-state index in [9.17, 15) is 4.79 Å². The first kappa shape index (κ1) is 12.3. The Hall–Kier alpha value is -2.17. The molecule has 96 valence electrons. The predicted molar refractivity (Wildman–Crippen MR) is 69.3 cm³/mol. The van der Waals surface area contributed by atoms with Gasteiger partial charge in [-0.25, -0.2) is 0 Å². The van der Waals surface area contributed by atoms with Crippen LogP contribution in [-0.4, -0.2) is 24.0 Å². The van der Waals surface area contributed by atoms with Crippen molar-refractivity contribution in [3.63, 3.8) is 0 Å². The van der Waals surface area contributed by atoms with Crippen molar-refractivity contribution in [2.45, 2.75) is 6.92 Å². The second-order valence-corrected chi connectivity index (χ2v) is 4.08. The summed E-state index contributed by atoms with van der Waals surface area (Å²) in [6.07, 6.45) is 0. The Morgan fingerprint density at radius 3 is 2.06 bits per heavy atom. The van der Waals surface area contributed by atoms with E-state index >= 15 is 0 Å². The normalized spacial score (nSPS) is 10.4. The number of hydrogen-bond donors (Lipinski definition) is 1. The maximum Gasteiger partial charge on any atom is 0.274 e. The van der Waals surface area contributed by atoms with Gasteiger partial charge in [0.15, 0.2) is 0 Å². The molecule has 1 aromatic heterocycles. The Morgan fingerprint density at radius 2 is 1.67 bits per heavy atom. The molecule has 0 aliphatic rings. The van der Waals surface area contributed by atoms with Gasteiger partial charge < -0.3 is 9.47 Å². The molecule has 18 heavy (non-hydrogen) atoms. The minimum absolute atomic E-state index is 0.0668. The van der Waals surface area contributed by atoms with Crippen LogP contribution in [0, 0.1) is 6.92 Å². The van der Waals surface area contributed by atoms with E-state index in [2.05, 4.69) is 5.10 Å². The number of ether oxygens (including phenoxy) is 2. The van der Waals surface area contributed by atoms with Crippen LogP contribution in [0.3, 0.4) is 0 Å². The Labute approximate surface area is 105 Å². The van der Waals surface area contributed by atoms with Crippen molar-refractivity contribution in [3.8, 4) is 22.6 Å². The standard InChI is InChI=1S/C13H16N2O3/c1-8-12(13(16)15(2)14-8)9-5-10(17-3)7-11(6-9)18-4/h5-7,14H,1-4H3. The van der Waals surface area contributed by atoms with Gasteiger partial charge in [0.05, 0.1) is 19.8 Å². The summed E-state index contributed by atoms with van der Waals surface area (Å²) >= 11 is 0. The van der Waals surface area contributed by atoms with Crippen molar-refractivity contribution in [2.24, 2.45) is 7.05 Å². The van der Waals surface area contributed by atoms with Crippen LogP contribution in [0.15, 0.2) is 23.0 Å². The topological polar surface area (TPSA) is 56.2 Å². The summed E-state index contributed by atoms with van der Waals surface area (Å²) < 4.78 is 11.9. The van der Waals surface area contributed by atoms with Crippen LogP contribution in [0.2, 0.25) is 0 Å². The van der Waals surface area contributed by atoms with Gasteiger partial charge in [-0.15, -0.1) is 0 Å². The van der Waals surface area contributed by atoms with Crippen LogP contribution in [0.25, 0.3) is 11.1 Å². The highest BCUT2D eigenvalue weighted by Gasteiger charge is 2.13. The highest BCUT2D eigenvalue weighted by Crippen LogP contribution is 2.29. The summed E-state index contributed by atoms with van der Waals surface area (Å²) in [6, 6.07) is 5.41. The molecule has 2 rings (SSSR count). The molecule has 5 nitrogen and oxygen atoms in total. The summed E-state index contributed by atoms with van der Waals surface area (Å²) in [6.45, 7) is 1.86. The molecule has 5 heteroatoms. The first-order valence-electron chi connectivity index (χ1n) is 5.56. The first-order chi connectivity index (χ1) is 8.56. The van der Waals surface area contributed by atoms with Gasteiger partial charge in [-0.2, -0.15) is 0 Å². The van der Waals surface area contributed by atoms with E-state index in [1.807, 2.05) is 19.1 Å². The molecular weight excluding hydrogens is 232 g/mol. The number of aromatic nitrogens is 2. The molecule has 0 radical (unpaired) electrons. The van der Waals surface area contributed by atoms with Crippen molar-refractivity contribution in [1.82, 2.24) is 9.78 Å². The molecule has 2 aromatic rings. The Bertz CT molecular complexity index is 603. The minimum atomic E-state index is -0.0668. The lowest BCUT2D eigenvalue weighted by Crippen LogP contribution is -2.13. The predicted octanol–water partition coefficient (Wildman–Crippen LogP) is 1.71. The van der Waals surface area contributed by atoms with Gasteiger partial charge in [-0.3, -0.25) is 14.6 Å². The van der Waals surface area contributed by atoms with Crippen molar-refractivity contribution >= 4 is 0 Å². The lowest BCUT2D eigenvalue weighted by molar-refractivity contribution is 0.394. The molecule has 0 bridgehead atoms. The van der Waals surface area contributed by atoms with E-state index < -0.39 is 0 Å². The fraction of sp³-hybridized carbons (Fsp3) is 0.308. The molecule has 0 aliphatic carbocycles. The molecule has 0 aliphatic heterocycles. The second kappa shape index (κ2) is 4.60. The summed E-state index contributed by atoms with van der Waals surface area (Å²) in [5.74, 6) is 1.32. The molecule has 1 heterocycles. The van der Waals surface area contributed by atoms with Crippen LogP contribution in [0.4, 0.5) is 0 Å². The zero-order valence-electron chi connectivity index (χ0n) is 10.9. The smallest absolute Gasteiger partial charge is 0.274 e. The average molecular weight is 248 g/mol. The number of benzene rings is 1. The summed E-state index contributed by atoms with van der Waals surface area (Å²) in [5.41, 5.74) is 2.17. The number of H-pyrrole nitrogens is 1. The molecule has 0 saturated heterocycles. The van der Waals surface area contributed by atoms with Gasteiger partial charge in [0.25, 0.3) is 5.56 Å². The summed E-state index contributed by atoms with van der Waals surface area (Å²) in [4.78, 5) is 12.0. The van der Waals surface area contributed by atoms with E-state index in [-0.39, 0.29) is 5.56 Å². The highest BCUT2D eigenvalue weighted by molar-refractivity contribution is 5.68. The summed E-state index contributed by atoms with van der Waals surface area (Å²) in [5, 5.41) is 2.97. The van der Waals surface area contributed by atoms with Gasteiger partial charge in [-0.1, -0.05) is 0 Å². The van der Waals surface area contributed by atoms with Crippen LogP contribution < -0.4 is 15.0 Å². The maximum absolute atomic E-state index is 12.0. The van der Waals surface area contributed by atoms with E-state index in [4.69, 9.17) is 9.47 Å². The molecule has 0 atom stereocenters. The average Bonchev–Trinajstić information content (AvgIpc) is 2.62. The first-order valence-corrected chi connectivity index (χ1v) is 5.56. The van der Waals surface area contributed by atoms with Crippen LogP contribution in [-0.2, 0) is 7.05 Å². The number of rotatable bonds is 3. The fourth-order valence-electron chi connectivity index (χ4n) is 1.98. The Morgan fingerprint density at radius 1 is 1.11 bits per heavy atom. The number of aromatic amines is 1. The van der Waals surface area contributed by atoms with Crippen LogP contribution >= 0.6 is 0 Å². The maximum atomic E-state index is 12.0. The van der Waals surface area contributed by atoms with Crippen molar-refractivity contribution in [3.05, 3.63) is 34.2 Å². The van der Waals surface area contributed by atoms with Crippen LogP contribution in [0.5, 0.6) is 11.5 Å². The van der Waals surface area contributed by atoms with Crippen LogP contribution in [0.1, 0.15) is 5.69 Å². The van der Waals surface area contributed by atoms with Gasteiger partial charge in [0, 0.05) is 18.8 Å². The molecule has 0 saturated carbocycles. The Balaban J connectivity index is 2.66. The van der Waals surface area contributed by atoms with E-state index in [0.29, 0.717) is 17.1 Å². The third-order valence-corrected chi connectivity index (χ3v) is 2.87. The quantitative estimate of drug-likeness (QED) is 0.899. The molecule has 1 aromatic carbocycles. The van der Waals surface area contributed by atoms with E-state index in [1.165, 1.54) is 4.68 Å². The van der Waals surface area contributed by atoms with Gasteiger partial charge >= 0.3 is 0 Å². The third-order valence-electron chi connectivity index (χ3n) is 2.87. The third kappa shape index (κ3) is 1.99. The molecule has 0 unspecified atom stereocenters. The van der Waals surface area contributed by atoms with E-state index in [0.717, 1.165) is 11.3 Å². The summed E-state index contributed by atoms with van der Waals surface area (Å²) in [7, 11) is 4.86. The number of nitrogens with zero attached hydrogens (tertiary/aromatic N) is 1. The second-order valence-electron chi connectivity index (χ2n) is 4.08. The molecular formula is C13H16N2O3. The van der Waals surface area contributed by atoms with Crippen molar-refractivity contribution < 1.29 is 9.47 Å². The Kier molecular flexibility index (Phi) is 3.14. The van der Waals surface area contributed by atoms with Crippen molar-refractivity contribution in [1.29, 1.82) is 0 Å². The number of hydrogen-bond acceptors (Lipinski definition) is 3. The van der Waals surface area contributed by atoms with Gasteiger partial charge in [0.1, 0.15) is 11.5 Å². The number of aryl methyl sites for hydroxylation is 2. The SMILES string of the molecule is COc1cc(OC)cc(-c2c(C)[nH]n(C)c2=O)c1. The molecule has 0 amide bonds. The zero-order valence-corrected chi connectivity index (χ0v) is 10.9. The lowest BCUT2D eigenvalue weighted by Gasteiger charge is -2.07. The molecule has 1 N–H and O–H groups in total. The fourth-order valence-corrected chi connectivity index (χ4v) is 1.98. The van der Waals surface area contributed by atoms with Gasteiger partial charge in [0.2, 0.25) is 0 Å². The minimum Gasteiger partial charge on any atom is -0.497 e. The highest BCUT2D eigenvalue weighted by atomic mass is 16.5. The van der Waals surface area contributed by atoms with Gasteiger partial charge in [-0.05, 0) is 24.6 Å². The van der Waals surface area contributed by atoms with E-state index in [1.54, 1.807) is 27.3 Å². The van der Waals surface area contributed by atoms with Crippen molar-refractivity contribution in [2.75, 3.05) is 14.2 Å².